The smallest absolute Gasteiger partial charge is 0.149 e. The van der Waals surface area contributed by atoms with Crippen molar-refractivity contribution in [2.75, 3.05) is 19.7 Å². The van der Waals surface area contributed by atoms with E-state index in [2.05, 4.69) is 57.2 Å². The average molecular weight is 360 g/mol. The number of piperidine rings is 1. The Morgan fingerprint density at radius 2 is 1.91 bits per heavy atom. The van der Waals surface area contributed by atoms with E-state index in [9.17, 15) is 0 Å². The van der Waals surface area contributed by atoms with E-state index in [0.717, 1.165) is 18.4 Å². The molecule has 0 saturated carbocycles. The second kappa shape index (κ2) is 4.93. The maximum Gasteiger partial charge on any atom is 0.149 e. The van der Waals surface area contributed by atoms with Crippen molar-refractivity contribution >= 4 is 15.9 Å². The Hall–Kier alpha value is -0.640. The van der Waals surface area contributed by atoms with Crippen LogP contribution >= 0.6 is 15.9 Å². The Morgan fingerprint density at radius 1 is 1.09 bits per heavy atom. The maximum absolute atomic E-state index is 6.11. The highest BCUT2D eigenvalue weighted by Crippen LogP contribution is 2.58. The number of epoxide rings is 1. The van der Waals surface area contributed by atoms with Crippen LogP contribution in [0.4, 0.5) is 0 Å². The first-order valence-corrected chi connectivity index (χ1v) is 9.40. The van der Waals surface area contributed by atoms with E-state index in [1.807, 2.05) is 0 Å². The molecular formula is C19H22BrNO. The molecule has 1 aromatic carbocycles. The summed E-state index contributed by atoms with van der Waals surface area (Å²) in [6, 6.07) is 8.95. The van der Waals surface area contributed by atoms with Crippen molar-refractivity contribution in [3.63, 3.8) is 0 Å². The van der Waals surface area contributed by atoms with Crippen LogP contribution in [0.15, 0.2) is 40.9 Å². The fourth-order valence-electron chi connectivity index (χ4n) is 5.39. The molecule has 22 heavy (non-hydrogen) atoms. The van der Waals surface area contributed by atoms with Crippen LogP contribution in [0, 0.1) is 17.8 Å². The number of halogens is 1. The zero-order valence-electron chi connectivity index (χ0n) is 12.7. The molecule has 4 aliphatic rings. The molecule has 1 aromatic rings. The minimum Gasteiger partial charge on any atom is -0.353 e. The van der Waals surface area contributed by atoms with Gasteiger partial charge in [0.05, 0.1) is 6.61 Å². The lowest BCUT2D eigenvalue weighted by Crippen LogP contribution is -2.54. The van der Waals surface area contributed by atoms with Gasteiger partial charge in [-0.15, -0.1) is 0 Å². The molecule has 0 N–H and O–H groups in total. The summed E-state index contributed by atoms with van der Waals surface area (Å²) in [7, 11) is 0. The number of rotatable bonds is 1. The van der Waals surface area contributed by atoms with Gasteiger partial charge in [0.1, 0.15) is 5.72 Å². The van der Waals surface area contributed by atoms with Crippen molar-refractivity contribution in [1.29, 1.82) is 0 Å². The van der Waals surface area contributed by atoms with E-state index < -0.39 is 0 Å². The summed E-state index contributed by atoms with van der Waals surface area (Å²) < 4.78 is 7.28. The van der Waals surface area contributed by atoms with Crippen molar-refractivity contribution in [2.24, 2.45) is 17.8 Å². The van der Waals surface area contributed by atoms with Gasteiger partial charge >= 0.3 is 0 Å². The van der Waals surface area contributed by atoms with Gasteiger partial charge in [0.2, 0.25) is 0 Å². The molecule has 3 heterocycles. The number of benzene rings is 1. The Balaban J connectivity index is 1.56. The first-order valence-electron chi connectivity index (χ1n) is 8.61. The van der Waals surface area contributed by atoms with Gasteiger partial charge in [-0.2, -0.15) is 0 Å². The minimum atomic E-state index is 0.0997. The third-order valence-corrected chi connectivity index (χ3v) is 6.93. The summed E-state index contributed by atoms with van der Waals surface area (Å²) in [6.45, 7) is 3.41. The summed E-state index contributed by atoms with van der Waals surface area (Å²) in [5.74, 6) is 2.73. The number of nitrogens with zero attached hydrogens (tertiary/aromatic N) is 1. The van der Waals surface area contributed by atoms with Crippen molar-refractivity contribution in [3.8, 4) is 0 Å². The predicted molar refractivity (Wildman–Crippen MR) is 90.6 cm³/mol. The number of ether oxygens (including phenoxy) is 1. The number of hydrogen-bond donors (Lipinski definition) is 0. The molecule has 3 aliphatic heterocycles. The standard InChI is InChI=1S/C19H22BrNO/c20-15-6-3-13(4-7-15)16-8-5-14-2-1-10-21-11-9-17(16)18(14)19(21)12-22-19/h3-8,14,16-18H,1-2,9-12H2/t14-,16-,17-,18-,19-/m1/s1. The van der Waals surface area contributed by atoms with Gasteiger partial charge in [-0.1, -0.05) is 40.2 Å². The average Bonchev–Trinajstić information content (AvgIpc) is 3.33. The molecular weight excluding hydrogens is 338 g/mol. The Labute approximate surface area is 140 Å². The maximum atomic E-state index is 6.11. The third-order valence-electron chi connectivity index (χ3n) is 6.40. The molecule has 3 saturated heterocycles. The Kier molecular flexibility index (Phi) is 3.08. The minimum absolute atomic E-state index is 0.0997. The van der Waals surface area contributed by atoms with Crippen LogP contribution in [0.25, 0.3) is 0 Å². The lowest BCUT2D eigenvalue weighted by Gasteiger charge is -2.49. The lowest BCUT2D eigenvalue weighted by molar-refractivity contribution is -0.0490. The van der Waals surface area contributed by atoms with Gasteiger partial charge in [0.15, 0.2) is 0 Å². The van der Waals surface area contributed by atoms with Crippen molar-refractivity contribution < 1.29 is 4.74 Å². The fourth-order valence-corrected chi connectivity index (χ4v) is 5.65. The van der Waals surface area contributed by atoms with Gasteiger partial charge in [0.25, 0.3) is 0 Å². The predicted octanol–water partition coefficient (Wildman–Crippen LogP) is 4.18. The Morgan fingerprint density at radius 3 is 2.68 bits per heavy atom. The van der Waals surface area contributed by atoms with Gasteiger partial charge in [-0.05, 0) is 48.8 Å². The van der Waals surface area contributed by atoms with Crippen LogP contribution in [0.2, 0.25) is 0 Å². The summed E-state index contributed by atoms with van der Waals surface area (Å²) in [4.78, 5) is 2.66. The van der Waals surface area contributed by atoms with E-state index in [4.69, 9.17) is 4.74 Å². The molecule has 0 aromatic heterocycles. The van der Waals surface area contributed by atoms with Crippen LogP contribution in [-0.4, -0.2) is 30.3 Å². The van der Waals surface area contributed by atoms with Gasteiger partial charge in [-0.3, -0.25) is 4.90 Å². The highest BCUT2D eigenvalue weighted by Gasteiger charge is 2.64. The van der Waals surface area contributed by atoms with Gasteiger partial charge in [0, 0.05) is 29.4 Å². The quantitative estimate of drug-likeness (QED) is 0.552. The van der Waals surface area contributed by atoms with E-state index in [1.165, 1.54) is 42.4 Å². The van der Waals surface area contributed by atoms with E-state index in [1.54, 1.807) is 0 Å². The monoisotopic (exact) mass is 359 g/mol. The molecule has 5 rings (SSSR count). The number of allylic oxidation sites excluding steroid dienone is 2. The van der Waals surface area contributed by atoms with Crippen LogP contribution in [0.1, 0.15) is 30.7 Å². The van der Waals surface area contributed by atoms with Crippen molar-refractivity contribution in [2.45, 2.75) is 30.9 Å². The zero-order chi connectivity index (χ0) is 14.7. The summed E-state index contributed by atoms with van der Waals surface area (Å²) in [6.07, 6.45) is 9.01. The molecule has 0 radical (unpaired) electrons. The molecule has 0 amide bonds. The first-order chi connectivity index (χ1) is 10.8. The van der Waals surface area contributed by atoms with Crippen LogP contribution < -0.4 is 0 Å². The summed E-state index contributed by atoms with van der Waals surface area (Å²) in [5.41, 5.74) is 1.57. The van der Waals surface area contributed by atoms with E-state index >= 15 is 0 Å². The summed E-state index contributed by atoms with van der Waals surface area (Å²) in [5, 5.41) is 0. The molecule has 116 valence electrons. The highest BCUT2D eigenvalue weighted by molar-refractivity contribution is 9.10. The third kappa shape index (κ3) is 1.92. The van der Waals surface area contributed by atoms with Crippen molar-refractivity contribution in [1.82, 2.24) is 4.90 Å². The molecule has 1 aliphatic carbocycles. The largest absolute Gasteiger partial charge is 0.353 e. The van der Waals surface area contributed by atoms with E-state index in [-0.39, 0.29) is 5.72 Å². The van der Waals surface area contributed by atoms with Gasteiger partial charge in [-0.25, -0.2) is 0 Å². The summed E-state index contributed by atoms with van der Waals surface area (Å²) >= 11 is 3.56. The van der Waals surface area contributed by atoms with Gasteiger partial charge < -0.3 is 4.74 Å². The highest BCUT2D eigenvalue weighted by atomic mass is 79.9. The second-order valence-electron chi connectivity index (χ2n) is 7.37. The fraction of sp³-hybridized carbons (Fsp3) is 0.579. The van der Waals surface area contributed by atoms with E-state index in [0.29, 0.717) is 11.8 Å². The SMILES string of the molecule is Brc1ccc([C@H]2C=C[C@H]3CCCN4CC[C@H]2[C@@H]3[C@]42CO2)cc1. The lowest BCUT2D eigenvalue weighted by atomic mass is 9.62. The molecule has 3 heteroatoms. The van der Waals surface area contributed by atoms with Crippen molar-refractivity contribution in [3.05, 3.63) is 46.5 Å². The first kappa shape index (κ1) is 13.8. The van der Waals surface area contributed by atoms with Crippen LogP contribution in [0.3, 0.4) is 0 Å². The second-order valence-corrected chi connectivity index (χ2v) is 8.28. The normalized spacial score (nSPS) is 45.6. The topological polar surface area (TPSA) is 15.8 Å². The molecule has 3 fully saturated rings. The number of hydrogen-bond acceptors (Lipinski definition) is 2. The zero-order valence-corrected chi connectivity index (χ0v) is 14.3. The molecule has 2 bridgehead atoms. The van der Waals surface area contributed by atoms with Crippen LogP contribution in [0.5, 0.6) is 0 Å². The van der Waals surface area contributed by atoms with Crippen LogP contribution in [-0.2, 0) is 4.74 Å². The Bertz CT molecular complexity index is 606. The molecule has 1 unspecified atom stereocenters. The molecule has 1 spiro atoms. The molecule has 6 atom stereocenters. The molecule has 2 nitrogen and oxygen atoms in total.